The number of alkyl halides is 1. The number of aromatic hydroxyl groups is 1. The van der Waals surface area contributed by atoms with E-state index in [1.54, 1.807) is 49.3 Å². The number of aryl methyl sites for hydroxylation is 1. The summed E-state index contributed by atoms with van der Waals surface area (Å²) in [5.74, 6) is 0.613. The number of phenols is 1. The molecule has 0 unspecified atom stereocenters. The number of hydrogen-bond donors (Lipinski definition) is 3. The number of aromatic nitrogens is 4. The van der Waals surface area contributed by atoms with Gasteiger partial charge in [-0.15, -0.1) is 0 Å². The van der Waals surface area contributed by atoms with Gasteiger partial charge in [-0.25, -0.2) is 9.37 Å². The normalized spacial score (nSPS) is 24.4. The van der Waals surface area contributed by atoms with Crippen molar-refractivity contribution in [1.82, 2.24) is 25.1 Å². The van der Waals surface area contributed by atoms with Gasteiger partial charge in [0.1, 0.15) is 17.7 Å². The van der Waals surface area contributed by atoms with Crippen molar-refractivity contribution in [2.75, 3.05) is 11.4 Å². The van der Waals surface area contributed by atoms with Crippen LogP contribution in [0.4, 0.5) is 10.2 Å². The van der Waals surface area contributed by atoms with Gasteiger partial charge in [0.05, 0.1) is 35.9 Å². The van der Waals surface area contributed by atoms with Crippen LogP contribution in [0.5, 0.6) is 5.75 Å². The Bertz CT molecular complexity index is 1160. The third-order valence-electron chi connectivity index (χ3n) is 6.76. The Morgan fingerprint density at radius 1 is 1.18 bits per heavy atom. The summed E-state index contributed by atoms with van der Waals surface area (Å²) in [7, 11) is 1.84. The third kappa shape index (κ3) is 4.50. The molecule has 2 aromatic heterocycles. The van der Waals surface area contributed by atoms with Gasteiger partial charge < -0.3 is 20.4 Å². The largest absolute Gasteiger partial charge is 0.507 e. The summed E-state index contributed by atoms with van der Waals surface area (Å²) >= 11 is 0. The Labute approximate surface area is 198 Å². The molecule has 180 valence electrons. The standard InChI is InChI=1S/C25H31FN6O2/c1-25(2,34)14-32(21-9-17-5-7-19(30-17)24(21)26)23-12-27-20(11-28-23)18-6-4-15(8-22(18)33)16-10-29-31(3)13-16/h4,6,8,10-13,17,19,21,24,30,33-34H,5,7,9,14H2,1-3H3/t17-,19+,21-,24+/m0/s1. The summed E-state index contributed by atoms with van der Waals surface area (Å²) in [5.41, 5.74) is 1.81. The van der Waals surface area contributed by atoms with Crippen LogP contribution in [0.25, 0.3) is 22.4 Å². The molecule has 5 rings (SSSR count). The number of benzene rings is 1. The van der Waals surface area contributed by atoms with Crippen molar-refractivity contribution < 1.29 is 14.6 Å². The lowest BCUT2D eigenvalue weighted by Crippen LogP contribution is -2.58. The van der Waals surface area contributed by atoms with E-state index < -0.39 is 11.8 Å². The molecule has 0 amide bonds. The van der Waals surface area contributed by atoms with Crippen molar-refractivity contribution in [2.45, 2.75) is 63.0 Å². The Morgan fingerprint density at radius 2 is 2.00 bits per heavy atom. The lowest BCUT2D eigenvalue weighted by molar-refractivity contribution is 0.0767. The van der Waals surface area contributed by atoms with Gasteiger partial charge in [-0.3, -0.25) is 9.67 Å². The summed E-state index contributed by atoms with van der Waals surface area (Å²) in [4.78, 5) is 11.0. The maximum atomic E-state index is 15.4. The van der Waals surface area contributed by atoms with Gasteiger partial charge in [-0.2, -0.15) is 5.10 Å². The number of anilines is 1. The molecule has 8 nitrogen and oxygen atoms in total. The zero-order chi connectivity index (χ0) is 24.0. The highest BCUT2D eigenvalue weighted by atomic mass is 19.1. The van der Waals surface area contributed by atoms with Crippen molar-refractivity contribution in [3.63, 3.8) is 0 Å². The second-order valence-electron chi connectivity index (χ2n) is 10.1. The molecule has 2 saturated heterocycles. The van der Waals surface area contributed by atoms with Gasteiger partial charge in [-0.05, 0) is 50.8 Å². The molecule has 0 saturated carbocycles. The van der Waals surface area contributed by atoms with Crippen LogP contribution < -0.4 is 10.2 Å². The Morgan fingerprint density at radius 3 is 2.65 bits per heavy atom. The van der Waals surface area contributed by atoms with E-state index in [4.69, 9.17) is 0 Å². The lowest BCUT2D eigenvalue weighted by Gasteiger charge is -2.42. The van der Waals surface area contributed by atoms with Crippen LogP contribution >= 0.6 is 0 Å². The minimum atomic E-state index is -1.05. The molecule has 9 heteroatoms. The zero-order valence-corrected chi connectivity index (χ0v) is 19.7. The Balaban J connectivity index is 1.42. The molecule has 4 heterocycles. The SMILES string of the molecule is Cn1cc(-c2ccc(-c3cnc(N(CC(C)(C)O)[C@H]4C[C@@H]5CC[C@@H](N5)[C@H]4F)cn3)c(O)c2)cn1. The molecular formula is C25H31FN6O2. The van der Waals surface area contributed by atoms with Gasteiger partial charge in [0.25, 0.3) is 0 Å². The molecule has 1 aromatic carbocycles. The van der Waals surface area contributed by atoms with Crippen LogP contribution in [-0.4, -0.2) is 66.4 Å². The smallest absolute Gasteiger partial charge is 0.147 e. The number of rotatable bonds is 6. The summed E-state index contributed by atoms with van der Waals surface area (Å²) in [6.07, 6.45) is 8.23. The summed E-state index contributed by atoms with van der Waals surface area (Å²) in [6.45, 7) is 3.68. The van der Waals surface area contributed by atoms with E-state index in [0.29, 0.717) is 23.5 Å². The lowest BCUT2D eigenvalue weighted by atomic mass is 9.94. The van der Waals surface area contributed by atoms with Gasteiger partial charge in [-0.1, -0.05) is 6.07 Å². The fourth-order valence-electron chi connectivity index (χ4n) is 5.17. The van der Waals surface area contributed by atoms with Gasteiger partial charge in [0, 0.05) is 43.0 Å². The van der Waals surface area contributed by atoms with Crippen molar-refractivity contribution in [2.24, 2.45) is 7.05 Å². The number of piperidine rings is 1. The maximum Gasteiger partial charge on any atom is 0.147 e. The second kappa shape index (κ2) is 8.63. The zero-order valence-electron chi connectivity index (χ0n) is 19.7. The molecule has 34 heavy (non-hydrogen) atoms. The predicted octanol–water partition coefficient (Wildman–Crippen LogP) is 3.06. The van der Waals surface area contributed by atoms with Crippen LogP contribution in [0.2, 0.25) is 0 Å². The molecule has 4 atom stereocenters. The molecular weight excluding hydrogens is 435 g/mol. The molecule has 0 radical (unpaired) electrons. The first-order valence-corrected chi connectivity index (χ1v) is 11.7. The van der Waals surface area contributed by atoms with Crippen LogP contribution in [0.15, 0.2) is 43.0 Å². The quantitative estimate of drug-likeness (QED) is 0.514. The average molecular weight is 467 g/mol. The molecule has 3 N–H and O–H groups in total. The number of halogens is 1. The third-order valence-corrected chi connectivity index (χ3v) is 6.76. The minimum Gasteiger partial charge on any atom is -0.507 e. The number of hydrogen-bond acceptors (Lipinski definition) is 7. The molecule has 2 aliphatic rings. The van der Waals surface area contributed by atoms with Crippen LogP contribution in [-0.2, 0) is 7.05 Å². The first-order chi connectivity index (χ1) is 16.2. The fourth-order valence-corrected chi connectivity index (χ4v) is 5.17. The van der Waals surface area contributed by atoms with Gasteiger partial charge in [0.15, 0.2) is 0 Å². The summed E-state index contributed by atoms with van der Waals surface area (Å²) in [6, 6.07) is 5.14. The number of aliphatic hydroxyl groups is 1. The van der Waals surface area contributed by atoms with E-state index in [9.17, 15) is 10.2 Å². The first kappa shape index (κ1) is 22.7. The van der Waals surface area contributed by atoms with Crippen LogP contribution in [0.1, 0.15) is 33.1 Å². The maximum absolute atomic E-state index is 15.4. The Hall–Kier alpha value is -3.04. The fraction of sp³-hybridized carbons (Fsp3) is 0.480. The highest BCUT2D eigenvalue weighted by Crippen LogP contribution is 2.36. The number of nitrogens with one attached hydrogen (secondary N) is 1. The highest BCUT2D eigenvalue weighted by molar-refractivity contribution is 5.73. The van der Waals surface area contributed by atoms with Gasteiger partial charge >= 0.3 is 0 Å². The number of fused-ring (bicyclic) bond motifs is 2. The molecule has 2 aliphatic heterocycles. The van der Waals surface area contributed by atoms with E-state index in [-0.39, 0.29) is 30.4 Å². The van der Waals surface area contributed by atoms with E-state index in [2.05, 4.69) is 20.4 Å². The molecule has 2 bridgehead atoms. The predicted molar refractivity (Wildman–Crippen MR) is 128 cm³/mol. The topological polar surface area (TPSA) is 99.3 Å². The summed E-state index contributed by atoms with van der Waals surface area (Å²) in [5, 5.41) is 28.7. The molecule has 0 spiro atoms. The molecule has 2 fully saturated rings. The molecule has 3 aromatic rings. The molecule has 0 aliphatic carbocycles. The summed E-state index contributed by atoms with van der Waals surface area (Å²) < 4.78 is 17.1. The van der Waals surface area contributed by atoms with Crippen LogP contribution in [0.3, 0.4) is 0 Å². The monoisotopic (exact) mass is 466 g/mol. The van der Waals surface area contributed by atoms with E-state index in [1.165, 1.54) is 0 Å². The highest BCUT2D eigenvalue weighted by Gasteiger charge is 2.45. The average Bonchev–Trinajstić information content (AvgIpc) is 3.41. The van der Waals surface area contributed by atoms with Crippen molar-refractivity contribution >= 4 is 5.82 Å². The van der Waals surface area contributed by atoms with Crippen molar-refractivity contribution in [1.29, 1.82) is 0 Å². The Kier molecular flexibility index (Phi) is 5.77. The van der Waals surface area contributed by atoms with E-state index >= 15 is 4.39 Å². The minimum absolute atomic E-state index is 0.0931. The van der Waals surface area contributed by atoms with E-state index in [0.717, 1.165) is 24.0 Å². The first-order valence-electron chi connectivity index (χ1n) is 11.7. The van der Waals surface area contributed by atoms with Crippen molar-refractivity contribution in [3.05, 3.63) is 43.0 Å². The second-order valence-corrected chi connectivity index (χ2v) is 10.1. The van der Waals surface area contributed by atoms with Crippen LogP contribution in [0, 0.1) is 0 Å². The number of phenolic OH excluding ortho intramolecular Hbond substituents is 1. The van der Waals surface area contributed by atoms with Gasteiger partial charge in [0.2, 0.25) is 0 Å². The number of nitrogens with zero attached hydrogens (tertiary/aromatic N) is 5. The van der Waals surface area contributed by atoms with Crippen molar-refractivity contribution in [3.8, 4) is 28.1 Å². The van der Waals surface area contributed by atoms with E-state index in [1.807, 2.05) is 24.2 Å².